The van der Waals surface area contributed by atoms with E-state index in [0.29, 0.717) is 16.3 Å². The quantitative estimate of drug-likeness (QED) is 0.442. The van der Waals surface area contributed by atoms with Crippen molar-refractivity contribution >= 4 is 27.5 Å². The van der Waals surface area contributed by atoms with Gasteiger partial charge >= 0.3 is 0 Å². The van der Waals surface area contributed by atoms with Crippen molar-refractivity contribution in [3.63, 3.8) is 0 Å². The molecule has 2 aliphatic heterocycles. The molecule has 8 heteroatoms. The summed E-state index contributed by atoms with van der Waals surface area (Å²) in [6, 6.07) is 19.6. The van der Waals surface area contributed by atoms with Crippen LogP contribution in [0.1, 0.15) is 65.9 Å². The van der Waals surface area contributed by atoms with Gasteiger partial charge in [-0.2, -0.15) is 0 Å². The second kappa shape index (κ2) is 9.21. The summed E-state index contributed by atoms with van der Waals surface area (Å²) in [5.74, 6) is -0.00449. The molecule has 0 saturated carbocycles. The predicted molar refractivity (Wildman–Crippen MR) is 138 cm³/mol. The highest BCUT2D eigenvalue weighted by molar-refractivity contribution is 7.90. The summed E-state index contributed by atoms with van der Waals surface area (Å²) in [4.78, 5) is 13.0. The standard InChI is InChI=1S/C28H28ClNO5S/c1-17-22(29)10-7-11-25(17)36(32,33)30-27(31)19-12-14-24-20(16-19)26-21(28(2,3)35-24)13-15-23(34-26)18-8-5-4-6-9-18/h4-12,14,16,21,23,26H,13,15H2,1-3H3,(H,30,31)/t21-,23+,26+/m1/s1. The van der Waals surface area contributed by atoms with Gasteiger partial charge in [0, 0.05) is 22.1 Å². The Labute approximate surface area is 216 Å². The minimum absolute atomic E-state index is 0.0345. The van der Waals surface area contributed by atoms with Gasteiger partial charge < -0.3 is 9.47 Å². The second-order valence-electron chi connectivity index (χ2n) is 9.90. The van der Waals surface area contributed by atoms with E-state index in [1.54, 1.807) is 31.2 Å². The van der Waals surface area contributed by atoms with Crippen molar-refractivity contribution in [2.45, 2.75) is 56.3 Å². The van der Waals surface area contributed by atoms with Gasteiger partial charge in [0.15, 0.2) is 0 Å². The van der Waals surface area contributed by atoms with Gasteiger partial charge in [-0.25, -0.2) is 13.1 Å². The van der Waals surface area contributed by atoms with Gasteiger partial charge in [-0.05, 0) is 75.1 Å². The molecule has 188 valence electrons. The zero-order valence-electron chi connectivity index (χ0n) is 20.3. The Morgan fingerprint density at radius 2 is 1.78 bits per heavy atom. The molecule has 2 aliphatic rings. The average molecular weight is 526 g/mol. The van der Waals surface area contributed by atoms with Crippen LogP contribution < -0.4 is 9.46 Å². The van der Waals surface area contributed by atoms with Gasteiger partial charge in [-0.1, -0.05) is 48.0 Å². The van der Waals surface area contributed by atoms with Crippen LogP contribution in [-0.2, 0) is 14.8 Å². The number of sulfonamides is 1. The van der Waals surface area contributed by atoms with E-state index in [0.717, 1.165) is 24.0 Å². The van der Waals surface area contributed by atoms with Crippen LogP contribution in [0.25, 0.3) is 0 Å². The van der Waals surface area contributed by atoms with E-state index in [9.17, 15) is 13.2 Å². The van der Waals surface area contributed by atoms with Gasteiger partial charge in [-0.15, -0.1) is 0 Å². The number of halogens is 1. The molecule has 0 radical (unpaired) electrons. The third-order valence-corrected chi connectivity index (χ3v) is 9.05. The van der Waals surface area contributed by atoms with Gasteiger partial charge in [0.2, 0.25) is 0 Å². The highest BCUT2D eigenvalue weighted by Gasteiger charge is 2.48. The van der Waals surface area contributed by atoms with Crippen LogP contribution in [0.5, 0.6) is 5.75 Å². The summed E-state index contributed by atoms with van der Waals surface area (Å²) < 4.78 is 41.0. The van der Waals surface area contributed by atoms with Crippen LogP contribution in [0.15, 0.2) is 71.6 Å². The van der Waals surface area contributed by atoms with Gasteiger partial charge in [0.1, 0.15) is 11.4 Å². The summed E-state index contributed by atoms with van der Waals surface area (Å²) in [5.41, 5.74) is 2.01. The average Bonchev–Trinajstić information content (AvgIpc) is 2.85. The molecule has 5 rings (SSSR count). The molecule has 1 fully saturated rings. The number of carbonyl (C=O) groups excluding carboxylic acids is 1. The molecule has 36 heavy (non-hydrogen) atoms. The topological polar surface area (TPSA) is 81.7 Å². The monoisotopic (exact) mass is 525 g/mol. The van der Waals surface area contributed by atoms with Crippen LogP contribution in [0.2, 0.25) is 5.02 Å². The van der Waals surface area contributed by atoms with E-state index in [1.807, 2.05) is 18.2 Å². The number of nitrogens with one attached hydrogen (secondary N) is 1. The van der Waals surface area contributed by atoms with Crippen molar-refractivity contribution in [1.29, 1.82) is 0 Å². The fourth-order valence-corrected chi connectivity index (χ4v) is 6.69. The maximum Gasteiger partial charge on any atom is 0.265 e. The molecule has 0 aromatic heterocycles. The number of amides is 1. The molecule has 2 heterocycles. The van der Waals surface area contributed by atoms with E-state index >= 15 is 0 Å². The molecule has 3 aromatic rings. The van der Waals surface area contributed by atoms with Crippen LogP contribution in [0.3, 0.4) is 0 Å². The summed E-state index contributed by atoms with van der Waals surface area (Å²) in [7, 11) is -4.12. The van der Waals surface area contributed by atoms with Gasteiger partial charge in [0.25, 0.3) is 15.9 Å². The smallest absolute Gasteiger partial charge is 0.265 e. The summed E-state index contributed by atoms with van der Waals surface area (Å²) in [6.45, 7) is 5.71. The van der Waals surface area contributed by atoms with Crippen molar-refractivity contribution in [3.8, 4) is 5.75 Å². The first-order valence-corrected chi connectivity index (χ1v) is 13.8. The molecule has 3 atom stereocenters. The van der Waals surface area contributed by atoms with E-state index in [1.165, 1.54) is 12.1 Å². The lowest BCUT2D eigenvalue weighted by Crippen LogP contribution is -2.47. The van der Waals surface area contributed by atoms with Crippen molar-refractivity contribution in [2.75, 3.05) is 0 Å². The second-order valence-corrected chi connectivity index (χ2v) is 12.0. The highest BCUT2D eigenvalue weighted by Crippen LogP contribution is 2.53. The molecule has 1 saturated heterocycles. The molecule has 0 spiro atoms. The Balaban J connectivity index is 1.46. The number of ether oxygens (including phenoxy) is 2. The zero-order valence-corrected chi connectivity index (χ0v) is 21.9. The van der Waals surface area contributed by atoms with Crippen molar-refractivity contribution in [3.05, 3.63) is 94.0 Å². The minimum Gasteiger partial charge on any atom is -0.487 e. The van der Waals surface area contributed by atoms with E-state index in [-0.39, 0.29) is 28.6 Å². The van der Waals surface area contributed by atoms with Gasteiger partial charge in [-0.3, -0.25) is 4.79 Å². The lowest BCUT2D eigenvalue weighted by atomic mass is 9.74. The molecule has 1 amide bonds. The van der Waals surface area contributed by atoms with Crippen molar-refractivity contribution in [2.24, 2.45) is 5.92 Å². The molecule has 0 aliphatic carbocycles. The minimum atomic E-state index is -4.12. The molecule has 1 N–H and O–H groups in total. The molecular weight excluding hydrogens is 498 g/mol. The number of fused-ring (bicyclic) bond motifs is 3. The molecule has 6 nitrogen and oxygen atoms in total. The summed E-state index contributed by atoms with van der Waals surface area (Å²) >= 11 is 6.09. The number of rotatable bonds is 4. The Morgan fingerprint density at radius 3 is 2.53 bits per heavy atom. The Morgan fingerprint density at radius 1 is 1.03 bits per heavy atom. The molecule has 0 unspecified atom stereocenters. The first kappa shape index (κ1) is 24.8. The summed E-state index contributed by atoms with van der Waals surface area (Å²) in [5, 5.41) is 0.312. The molecule has 3 aromatic carbocycles. The van der Waals surface area contributed by atoms with E-state index < -0.39 is 21.5 Å². The van der Waals surface area contributed by atoms with E-state index in [2.05, 4.69) is 30.7 Å². The van der Waals surface area contributed by atoms with Crippen molar-refractivity contribution < 1.29 is 22.7 Å². The number of hydrogen-bond donors (Lipinski definition) is 1. The Bertz CT molecular complexity index is 1420. The fraction of sp³-hybridized carbons (Fsp3) is 0.321. The summed E-state index contributed by atoms with van der Waals surface area (Å²) in [6.07, 6.45) is 1.40. The maximum atomic E-state index is 13.1. The van der Waals surface area contributed by atoms with Crippen LogP contribution in [0, 0.1) is 12.8 Å². The predicted octanol–water partition coefficient (Wildman–Crippen LogP) is 6.15. The number of hydrogen-bond acceptors (Lipinski definition) is 5. The third-order valence-electron chi connectivity index (χ3n) is 7.17. The zero-order chi connectivity index (χ0) is 25.7. The van der Waals surface area contributed by atoms with Crippen LogP contribution in [0.4, 0.5) is 0 Å². The largest absolute Gasteiger partial charge is 0.487 e. The third kappa shape index (κ3) is 4.51. The van der Waals surface area contributed by atoms with Crippen LogP contribution in [-0.4, -0.2) is 19.9 Å². The van der Waals surface area contributed by atoms with Crippen molar-refractivity contribution in [1.82, 2.24) is 4.72 Å². The highest BCUT2D eigenvalue weighted by atomic mass is 35.5. The molecular formula is C28H28ClNO5S. The lowest BCUT2D eigenvalue weighted by molar-refractivity contribution is -0.151. The lowest BCUT2D eigenvalue weighted by Gasteiger charge is -2.48. The molecule has 0 bridgehead atoms. The number of benzene rings is 3. The van der Waals surface area contributed by atoms with Crippen LogP contribution >= 0.6 is 11.6 Å². The Hall–Kier alpha value is -2.87. The maximum absolute atomic E-state index is 13.1. The van der Waals surface area contributed by atoms with Gasteiger partial charge in [0.05, 0.1) is 17.1 Å². The van der Waals surface area contributed by atoms with E-state index in [4.69, 9.17) is 21.1 Å². The SMILES string of the molecule is Cc1c(Cl)cccc1S(=O)(=O)NC(=O)c1ccc2c(c1)[C@@H]1O[C@H](c3ccccc3)CC[C@H]1C(C)(C)O2. The normalized spacial score (nSPS) is 22.6. The first-order chi connectivity index (χ1) is 17.1. The first-order valence-electron chi connectivity index (χ1n) is 11.9. The fourth-order valence-electron chi connectivity index (χ4n) is 5.22. The number of carbonyl (C=O) groups is 1. The Kier molecular flexibility index (Phi) is 6.35.